The second-order valence-electron chi connectivity index (χ2n) is 11.1. The van der Waals surface area contributed by atoms with Gasteiger partial charge in [-0.1, -0.05) is 62.2 Å². The van der Waals surface area contributed by atoms with Gasteiger partial charge in [0, 0.05) is 0 Å². The van der Waals surface area contributed by atoms with E-state index in [4.69, 9.17) is 18.9 Å². The molecule has 1 N–H and O–H groups in total. The lowest BCUT2D eigenvalue weighted by Crippen LogP contribution is -2.29. The second-order valence-corrected chi connectivity index (χ2v) is 11.1. The molecule has 0 aromatic heterocycles. The predicted molar refractivity (Wildman–Crippen MR) is 152 cm³/mol. The fourth-order valence-corrected chi connectivity index (χ4v) is 6.41. The van der Waals surface area contributed by atoms with E-state index in [1.54, 1.807) is 6.92 Å². The number of hydrogen-bond donors (Lipinski definition) is 1. The van der Waals surface area contributed by atoms with Crippen molar-refractivity contribution in [2.24, 2.45) is 17.8 Å². The lowest BCUT2D eigenvalue weighted by Gasteiger charge is -2.32. The molecule has 2 aliphatic rings. The molecule has 40 heavy (non-hydrogen) atoms. The van der Waals surface area contributed by atoms with Gasteiger partial charge in [-0.15, -0.1) is 0 Å². The molecule has 4 unspecified atom stereocenters. The lowest BCUT2D eigenvalue weighted by atomic mass is 9.73. The first-order valence-electron chi connectivity index (χ1n) is 14.9. The zero-order chi connectivity index (χ0) is 28.3. The quantitative estimate of drug-likeness (QED) is 0.213. The highest BCUT2D eigenvalue weighted by molar-refractivity contribution is 5.71. The van der Waals surface area contributed by atoms with Crippen molar-refractivity contribution in [2.75, 3.05) is 13.2 Å². The first-order valence-corrected chi connectivity index (χ1v) is 14.9. The third-order valence-corrected chi connectivity index (χ3v) is 8.41. The molecule has 0 heterocycles. The molecule has 1 saturated carbocycles. The fourth-order valence-electron chi connectivity index (χ4n) is 6.41. The van der Waals surface area contributed by atoms with Crippen molar-refractivity contribution in [2.45, 2.75) is 90.4 Å². The normalized spacial score (nSPS) is 22.1. The number of hydrogen-bond acceptors (Lipinski definition) is 7. The van der Waals surface area contributed by atoms with Gasteiger partial charge < -0.3 is 24.1 Å². The highest BCUT2D eigenvalue weighted by atomic mass is 16.7. The topological polar surface area (TPSA) is 91.3 Å². The molecular formula is C33H44O7. The second kappa shape index (κ2) is 15.1. The minimum Gasteiger partial charge on any atom is -0.482 e. The SMILES string of the molecule is CCCCCC(CCC1C2Cc3cccc(OCC(=O)OCc4ccccc4)c3CC2C[C@H]1O)OC(=O)OCC. The summed E-state index contributed by atoms with van der Waals surface area (Å²) in [6.45, 7) is 4.32. The van der Waals surface area contributed by atoms with Gasteiger partial charge >= 0.3 is 12.1 Å². The summed E-state index contributed by atoms with van der Waals surface area (Å²) in [5.41, 5.74) is 3.29. The number of carbonyl (C=O) groups is 2. The molecule has 0 aliphatic heterocycles. The van der Waals surface area contributed by atoms with E-state index in [1.165, 1.54) is 5.56 Å². The van der Waals surface area contributed by atoms with Gasteiger partial charge in [0.1, 0.15) is 18.5 Å². The van der Waals surface area contributed by atoms with E-state index in [1.807, 2.05) is 42.5 Å². The van der Waals surface area contributed by atoms with Crippen molar-refractivity contribution in [3.8, 4) is 5.75 Å². The van der Waals surface area contributed by atoms with Crippen LogP contribution in [0.1, 0.15) is 75.5 Å². The van der Waals surface area contributed by atoms with Crippen LogP contribution in [0.3, 0.4) is 0 Å². The van der Waals surface area contributed by atoms with Crippen molar-refractivity contribution < 1.29 is 33.6 Å². The highest BCUT2D eigenvalue weighted by Gasteiger charge is 2.45. The molecule has 0 spiro atoms. The highest BCUT2D eigenvalue weighted by Crippen LogP contribution is 2.48. The maximum absolute atomic E-state index is 12.3. The largest absolute Gasteiger partial charge is 0.508 e. The van der Waals surface area contributed by atoms with Crippen molar-refractivity contribution in [3.63, 3.8) is 0 Å². The summed E-state index contributed by atoms with van der Waals surface area (Å²) in [7, 11) is 0. The molecule has 2 aromatic rings. The van der Waals surface area contributed by atoms with Crippen LogP contribution in [0.25, 0.3) is 0 Å². The number of esters is 1. The van der Waals surface area contributed by atoms with Crippen LogP contribution < -0.4 is 4.74 Å². The minimum atomic E-state index is -0.600. The van der Waals surface area contributed by atoms with Crippen molar-refractivity contribution in [1.82, 2.24) is 0 Å². The summed E-state index contributed by atoms with van der Waals surface area (Å²) >= 11 is 0. The average Bonchev–Trinajstić information content (AvgIpc) is 3.26. The van der Waals surface area contributed by atoms with Gasteiger partial charge in [0.2, 0.25) is 0 Å². The van der Waals surface area contributed by atoms with Gasteiger partial charge in [0.15, 0.2) is 6.61 Å². The smallest absolute Gasteiger partial charge is 0.482 e. The molecule has 0 bridgehead atoms. The van der Waals surface area contributed by atoms with Crippen molar-refractivity contribution in [3.05, 3.63) is 65.2 Å². The van der Waals surface area contributed by atoms with E-state index in [-0.39, 0.29) is 31.3 Å². The number of unbranched alkanes of at least 4 members (excludes halogenated alkanes) is 2. The summed E-state index contributed by atoms with van der Waals surface area (Å²) in [5, 5.41) is 11.1. The summed E-state index contributed by atoms with van der Waals surface area (Å²) in [4.78, 5) is 24.3. The number of ether oxygens (including phenoxy) is 4. The number of aliphatic hydroxyl groups excluding tert-OH is 1. The van der Waals surface area contributed by atoms with Gasteiger partial charge in [0.25, 0.3) is 0 Å². The summed E-state index contributed by atoms with van der Waals surface area (Å²) in [6.07, 6.45) is 6.87. The van der Waals surface area contributed by atoms with E-state index in [2.05, 4.69) is 13.0 Å². The molecule has 7 heteroatoms. The minimum absolute atomic E-state index is 0.136. The summed E-state index contributed by atoms with van der Waals surface area (Å²) in [6, 6.07) is 15.6. The Morgan fingerprint density at radius 1 is 0.975 bits per heavy atom. The van der Waals surface area contributed by atoms with Gasteiger partial charge in [-0.2, -0.15) is 0 Å². The molecule has 2 aliphatic carbocycles. The van der Waals surface area contributed by atoms with Gasteiger partial charge in [-0.3, -0.25) is 0 Å². The van der Waals surface area contributed by atoms with E-state index in [9.17, 15) is 14.7 Å². The van der Waals surface area contributed by atoms with E-state index in [0.717, 1.165) is 74.7 Å². The van der Waals surface area contributed by atoms with Crippen LogP contribution in [0.4, 0.5) is 4.79 Å². The van der Waals surface area contributed by atoms with Crippen LogP contribution in [0.2, 0.25) is 0 Å². The molecule has 0 saturated heterocycles. The lowest BCUT2D eigenvalue weighted by molar-refractivity contribution is -0.147. The van der Waals surface area contributed by atoms with Crippen molar-refractivity contribution >= 4 is 12.1 Å². The molecule has 4 rings (SSSR count). The van der Waals surface area contributed by atoms with Gasteiger partial charge in [-0.25, -0.2) is 9.59 Å². The molecule has 1 fully saturated rings. The number of benzene rings is 2. The van der Waals surface area contributed by atoms with Crippen LogP contribution in [0.15, 0.2) is 48.5 Å². The number of carbonyl (C=O) groups excluding carboxylic acids is 2. The molecular weight excluding hydrogens is 508 g/mol. The fraction of sp³-hybridized carbons (Fsp3) is 0.576. The number of aliphatic hydroxyl groups is 1. The van der Waals surface area contributed by atoms with Crippen LogP contribution in [-0.4, -0.2) is 42.7 Å². The van der Waals surface area contributed by atoms with Crippen LogP contribution in [0.5, 0.6) is 5.75 Å². The van der Waals surface area contributed by atoms with Crippen molar-refractivity contribution in [1.29, 1.82) is 0 Å². The standard InChI is InChI=1S/C33H44O7/c1-3-5-7-14-26(40-33(36)37-4-2)16-17-27-28-18-24-13-10-15-31(29(24)19-25(28)20-30(27)34)38-22-32(35)39-21-23-11-8-6-9-12-23/h6,8-13,15,25-28,30,34H,3-5,7,14,16-22H2,1-2H3/t25?,26?,27?,28?,30-/m1/s1. The molecule has 0 radical (unpaired) electrons. The molecule has 0 amide bonds. The van der Waals surface area contributed by atoms with E-state index >= 15 is 0 Å². The Labute approximate surface area is 238 Å². The van der Waals surface area contributed by atoms with Crippen LogP contribution in [0, 0.1) is 17.8 Å². The Hall–Kier alpha value is -3.06. The number of rotatable bonds is 14. The first kappa shape index (κ1) is 29.9. The molecule has 7 nitrogen and oxygen atoms in total. The molecule has 218 valence electrons. The maximum Gasteiger partial charge on any atom is 0.508 e. The molecule has 2 aromatic carbocycles. The van der Waals surface area contributed by atoms with E-state index in [0.29, 0.717) is 18.4 Å². The zero-order valence-electron chi connectivity index (χ0n) is 23.9. The zero-order valence-corrected chi connectivity index (χ0v) is 23.9. The van der Waals surface area contributed by atoms with Crippen LogP contribution in [-0.2, 0) is 38.5 Å². The third-order valence-electron chi connectivity index (χ3n) is 8.41. The van der Waals surface area contributed by atoms with Gasteiger partial charge in [-0.05, 0) is 92.4 Å². The number of fused-ring (bicyclic) bond motifs is 2. The summed E-state index contributed by atoms with van der Waals surface area (Å²) in [5.74, 6) is 1.21. The first-order chi connectivity index (χ1) is 19.5. The van der Waals surface area contributed by atoms with E-state index < -0.39 is 12.1 Å². The Morgan fingerprint density at radius 2 is 1.80 bits per heavy atom. The van der Waals surface area contributed by atoms with Gasteiger partial charge in [0.05, 0.1) is 12.7 Å². The Morgan fingerprint density at radius 3 is 2.58 bits per heavy atom. The third kappa shape index (κ3) is 8.23. The van der Waals surface area contributed by atoms with Crippen LogP contribution >= 0.6 is 0 Å². The molecule has 5 atom stereocenters. The monoisotopic (exact) mass is 552 g/mol. The summed E-state index contributed by atoms with van der Waals surface area (Å²) < 4.78 is 22.0. The predicted octanol–water partition coefficient (Wildman–Crippen LogP) is 6.42. The Balaban J connectivity index is 1.33. The Bertz CT molecular complexity index is 1090. The Kier molecular flexibility index (Phi) is 11.3. The average molecular weight is 553 g/mol. The maximum atomic E-state index is 12.3.